The zero-order chi connectivity index (χ0) is 20.2. The highest BCUT2D eigenvalue weighted by Gasteiger charge is 2.37. The zero-order valence-corrected chi connectivity index (χ0v) is 18.1. The fourth-order valence-corrected chi connectivity index (χ4v) is 6.16. The van der Waals surface area contributed by atoms with Gasteiger partial charge in [0.2, 0.25) is 21.8 Å². The monoisotopic (exact) mass is 477 g/mol. The molecule has 2 aromatic rings. The molecule has 1 atom stereocenters. The number of aromatic nitrogens is 1. The zero-order valence-electron chi connectivity index (χ0n) is 15.7. The first-order valence-corrected chi connectivity index (χ1v) is 11.9. The van der Waals surface area contributed by atoms with E-state index in [1.165, 1.54) is 4.31 Å². The molecule has 1 unspecified atom stereocenters. The number of nitrogens with zero attached hydrogens (tertiary/aromatic N) is 3. The van der Waals surface area contributed by atoms with Crippen LogP contribution in [0.1, 0.15) is 24.0 Å². The van der Waals surface area contributed by atoms with E-state index in [0.717, 1.165) is 21.3 Å². The molecule has 1 aromatic carbocycles. The van der Waals surface area contributed by atoms with E-state index in [1.807, 2.05) is 6.07 Å². The summed E-state index contributed by atoms with van der Waals surface area (Å²) in [6.07, 6.45) is 3.80. The molecule has 1 saturated heterocycles. The molecule has 0 radical (unpaired) electrons. The van der Waals surface area contributed by atoms with Gasteiger partial charge in [-0.05, 0) is 64.5 Å². The number of benzene rings is 1. The Bertz CT molecular complexity index is 1090. The van der Waals surface area contributed by atoms with Crippen molar-refractivity contribution < 1.29 is 17.9 Å². The number of pyridine rings is 1. The third-order valence-electron chi connectivity index (χ3n) is 5.76. The normalized spacial score (nSPS) is 21.5. The first-order valence-electron chi connectivity index (χ1n) is 9.66. The van der Waals surface area contributed by atoms with E-state index in [-0.39, 0.29) is 12.0 Å². The maximum atomic E-state index is 13.3. The molecule has 1 fully saturated rings. The van der Waals surface area contributed by atoms with Gasteiger partial charge in [-0.2, -0.15) is 4.31 Å². The van der Waals surface area contributed by atoms with E-state index in [4.69, 9.17) is 4.74 Å². The lowest BCUT2D eigenvalue weighted by molar-refractivity contribution is -0.118. The Morgan fingerprint density at radius 3 is 2.66 bits per heavy atom. The van der Waals surface area contributed by atoms with E-state index in [0.29, 0.717) is 56.1 Å². The standard InChI is InChI=1S/C20H20BrN3O4S/c21-15-2-3-18(22-11-15)28-16-6-7-23(12-16)29(26,27)17-9-13-1-4-19(25)24-8-5-14(10-17)20(13)24/h2-3,9-11,16H,1,4-8,12H2. The summed E-state index contributed by atoms with van der Waals surface area (Å²) < 4.78 is 34.8. The predicted molar refractivity (Wildman–Crippen MR) is 111 cm³/mol. The molecule has 3 aliphatic rings. The van der Waals surface area contributed by atoms with Crippen molar-refractivity contribution in [2.45, 2.75) is 36.7 Å². The summed E-state index contributed by atoms with van der Waals surface area (Å²) in [4.78, 5) is 18.4. The van der Waals surface area contributed by atoms with Crippen LogP contribution in [-0.2, 0) is 27.7 Å². The van der Waals surface area contributed by atoms with Crippen LogP contribution in [-0.4, -0.2) is 49.4 Å². The molecule has 0 aliphatic carbocycles. The Kier molecular flexibility index (Phi) is 4.64. The highest BCUT2D eigenvalue weighted by Crippen LogP contribution is 2.39. The van der Waals surface area contributed by atoms with Crippen molar-refractivity contribution in [1.29, 1.82) is 0 Å². The van der Waals surface area contributed by atoms with Gasteiger partial charge in [0.05, 0.1) is 17.1 Å². The largest absolute Gasteiger partial charge is 0.473 e. The van der Waals surface area contributed by atoms with E-state index in [1.54, 1.807) is 29.3 Å². The Hall–Kier alpha value is -1.97. The number of anilines is 1. The van der Waals surface area contributed by atoms with Gasteiger partial charge in [-0.1, -0.05) is 0 Å². The van der Waals surface area contributed by atoms with Crippen LogP contribution in [0.25, 0.3) is 0 Å². The van der Waals surface area contributed by atoms with E-state index in [9.17, 15) is 13.2 Å². The molecule has 152 valence electrons. The SMILES string of the molecule is O=C1CCc2cc(S(=O)(=O)N3CCC(Oc4ccc(Br)cn4)C3)cc3c2N1CC3. The molecular weight excluding hydrogens is 458 g/mol. The van der Waals surface area contributed by atoms with Gasteiger partial charge in [-0.25, -0.2) is 13.4 Å². The Labute approximate surface area is 177 Å². The van der Waals surface area contributed by atoms with Crippen LogP contribution in [0.15, 0.2) is 39.8 Å². The molecule has 0 saturated carbocycles. The number of carbonyl (C=O) groups is 1. The number of rotatable bonds is 4. The number of sulfonamides is 1. The lowest BCUT2D eigenvalue weighted by Gasteiger charge is -2.26. The van der Waals surface area contributed by atoms with Crippen molar-refractivity contribution in [3.63, 3.8) is 0 Å². The van der Waals surface area contributed by atoms with Crippen LogP contribution in [0.3, 0.4) is 0 Å². The van der Waals surface area contributed by atoms with Crippen molar-refractivity contribution in [2.75, 3.05) is 24.5 Å². The van der Waals surface area contributed by atoms with Crippen LogP contribution in [0.5, 0.6) is 5.88 Å². The average Bonchev–Trinajstić information content (AvgIpc) is 3.35. The molecule has 0 spiro atoms. The summed E-state index contributed by atoms with van der Waals surface area (Å²) in [5, 5.41) is 0. The van der Waals surface area contributed by atoms with Crippen molar-refractivity contribution in [3.05, 3.63) is 46.1 Å². The first-order chi connectivity index (χ1) is 13.9. The number of halogens is 1. The minimum absolute atomic E-state index is 0.132. The average molecular weight is 478 g/mol. The first kappa shape index (κ1) is 19.0. The number of carbonyl (C=O) groups excluding carboxylic acids is 1. The molecule has 3 aliphatic heterocycles. The maximum Gasteiger partial charge on any atom is 0.243 e. The van der Waals surface area contributed by atoms with Crippen molar-refractivity contribution in [1.82, 2.24) is 9.29 Å². The lowest BCUT2D eigenvalue weighted by Crippen LogP contribution is -2.33. The molecule has 4 heterocycles. The van der Waals surface area contributed by atoms with Crippen LogP contribution in [0.2, 0.25) is 0 Å². The third kappa shape index (κ3) is 3.35. The summed E-state index contributed by atoms with van der Waals surface area (Å²) in [6, 6.07) is 7.11. The Balaban J connectivity index is 1.37. The quantitative estimate of drug-likeness (QED) is 0.675. The number of hydrogen-bond donors (Lipinski definition) is 0. The second kappa shape index (κ2) is 7.07. The van der Waals surface area contributed by atoms with Gasteiger partial charge in [-0.3, -0.25) is 4.79 Å². The van der Waals surface area contributed by atoms with Crippen molar-refractivity contribution in [3.8, 4) is 5.88 Å². The van der Waals surface area contributed by atoms with Gasteiger partial charge in [0.1, 0.15) is 6.10 Å². The van der Waals surface area contributed by atoms with Crippen molar-refractivity contribution in [2.24, 2.45) is 0 Å². The minimum atomic E-state index is -3.61. The number of hydrogen-bond acceptors (Lipinski definition) is 5. The minimum Gasteiger partial charge on any atom is -0.473 e. The lowest BCUT2D eigenvalue weighted by atomic mass is 10.00. The van der Waals surface area contributed by atoms with E-state index in [2.05, 4.69) is 20.9 Å². The summed E-state index contributed by atoms with van der Waals surface area (Å²) >= 11 is 3.34. The van der Waals surface area contributed by atoms with Crippen LogP contribution in [0, 0.1) is 0 Å². The Morgan fingerprint density at radius 2 is 1.90 bits per heavy atom. The topological polar surface area (TPSA) is 79.8 Å². The molecule has 9 heteroatoms. The summed E-state index contributed by atoms with van der Waals surface area (Å²) in [5.41, 5.74) is 2.86. The summed E-state index contributed by atoms with van der Waals surface area (Å²) in [7, 11) is -3.61. The Morgan fingerprint density at radius 1 is 1.10 bits per heavy atom. The summed E-state index contributed by atoms with van der Waals surface area (Å²) in [6.45, 7) is 1.36. The molecule has 0 bridgehead atoms. The number of amides is 1. The number of ether oxygens (including phenoxy) is 1. The molecular formula is C20H20BrN3O4S. The number of aryl methyl sites for hydroxylation is 1. The smallest absolute Gasteiger partial charge is 0.243 e. The molecule has 5 rings (SSSR count). The second-order valence-corrected chi connectivity index (χ2v) is 10.4. The predicted octanol–water partition coefficient (Wildman–Crippen LogP) is 2.52. The van der Waals surface area contributed by atoms with Crippen LogP contribution in [0.4, 0.5) is 5.69 Å². The summed E-state index contributed by atoms with van der Waals surface area (Å²) in [5.74, 6) is 0.622. The molecule has 29 heavy (non-hydrogen) atoms. The van der Waals surface area contributed by atoms with Gasteiger partial charge in [0.15, 0.2) is 0 Å². The van der Waals surface area contributed by atoms with E-state index < -0.39 is 10.0 Å². The van der Waals surface area contributed by atoms with Gasteiger partial charge in [-0.15, -0.1) is 0 Å². The van der Waals surface area contributed by atoms with Gasteiger partial charge >= 0.3 is 0 Å². The molecule has 0 N–H and O–H groups in total. The van der Waals surface area contributed by atoms with Crippen molar-refractivity contribution >= 4 is 37.5 Å². The fraction of sp³-hybridized carbons (Fsp3) is 0.400. The second-order valence-electron chi connectivity index (χ2n) is 7.59. The van der Waals surface area contributed by atoms with E-state index >= 15 is 0 Å². The maximum absolute atomic E-state index is 13.3. The van der Waals surface area contributed by atoms with Crippen LogP contribution >= 0.6 is 15.9 Å². The van der Waals surface area contributed by atoms with Gasteiger partial charge in [0, 0.05) is 36.2 Å². The van der Waals surface area contributed by atoms with Gasteiger partial charge < -0.3 is 9.64 Å². The van der Waals surface area contributed by atoms with Crippen LogP contribution < -0.4 is 9.64 Å². The highest BCUT2D eigenvalue weighted by atomic mass is 79.9. The van der Waals surface area contributed by atoms with Gasteiger partial charge in [0.25, 0.3) is 0 Å². The third-order valence-corrected chi connectivity index (χ3v) is 8.07. The molecule has 1 amide bonds. The molecule has 1 aromatic heterocycles. The fourth-order valence-electron chi connectivity index (χ4n) is 4.34. The molecule has 7 nitrogen and oxygen atoms in total. The highest BCUT2D eigenvalue weighted by molar-refractivity contribution is 9.10.